The molecule has 1 aliphatic rings. The van der Waals surface area contributed by atoms with Crippen molar-refractivity contribution in [2.24, 2.45) is 0 Å². The predicted molar refractivity (Wildman–Crippen MR) is 117 cm³/mol. The summed E-state index contributed by atoms with van der Waals surface area (Å²) in [5, 5.41) is 5.85. The van der Waals surface area contributed by atoms with Crippen molar-refractivity contribution in [2.45, 2.75) is 26.8 Å². The molecule has 6 nitrogen and oxygen atoms in total. The molecule has 0 radical (unpaired) electrons. The zero-order chi connectivity index (χ0) is 21.5. The molecule has 1 saturated heterocycles. The Kier molecular flexibility index (Phi) is 7.60. The highest BCUT2D eigenvalue weighted by Crippen LogP contribution is 2.13. The van der Waals surface area contributed by atoms with Crippen LogP contribution in [0, 0.1) is 20.8 Å². The minimum atomic E-state index is -0.237. The van der Waals surface area contributed by atoms with E-state index < -0.39 is 0 Å². The van der Waals surface area contributed by atoms with E-state index in [4.69, 9.17) is 4.74 Å². The van der Waals surface area contributed by atoms with Gasteiger partial charge in [-0.3, -0.25) is 9.59 Å². The van der Waals surface area contributed by atoms with E-state index in [0.717, 1.165) is 49.5 Å². The Morgan fingerprint density at radius 2 is 1.70 bits per heavy atom. The first-order valence-electron chi connectivity index (χ1n) is 10.5. The molecule has 0 aliphatic carbocycles. The number of amides is 2. The molecule has 0 saturated carbocycles. The summed E-state index contributed by atoms with van der Waals surface area (Å²) in [7, 11) is 0. The second-order valence-corrected chi connectivity index (χ2v) is 8.08. The van der Waals surface area contributed by atoms with Crippen LogP contribution in [0.4, 0.5) is 0 Å². The monoisotopic (exact) mass is 410 g/mol. The smallest absolute Gasteiger partial charge is 0.251 e. The van der Waals surface area contributed by atoms with Crippen LogP contribution in [0.15, 0.2) is 42.5 Å². The van der Waals surface area contributed by atoms with Crippen LogP contribution in [0.1, 0.15) is 38.7 Å². The number of hydrogen-bond acceptors (Lipinski definition) is 3. The number of rotatable bonds is 7. The number of morpholine rings is 1. The minimum absolute atomic E-state index is 0.0490. The van der Waals surface area contributed by atoms with Crippen LogP contribution in [0.2, 0.25) is 0 Å². The van der Waals surface area contributed by atoms with Crippen LogP contribution >= 0.6 is 0 Å². The average Bonchev–Trinajstić information content (AvgIpc) is 2.75. The van der Waals surface area contributed by atoms with Crippen molar-refractivity contribution in [3.8, 4) is 0 Å². The number of aryl methyl sites for hydroxylation is 3. The van der Waals surface area contributed by atoms with Crippen molar-refractivity contribution in [1.29, 1.82) is 0 Å². The number of hydrogen-bond donors (Lipinski definition) is 3. The molecule has 0 aromatic heterocycles. The lowest BCUT2D eigenvalue weighted by Crippen LogP contribution is -3.14. The van der Waals surface area contributed by atoms with Crippen LogP contribution in [-0.4, -0.2) is 51.2 Å². The molecule has 0 bridgehead atoms. The van der Waals surface area contributed by atoms with Crippen molar-refractivity contribution in [3.63, 3.8) is 0 Å². The number of ether oxygens (including phenoxy) is 1. The first-order valence-corrected chi connectivity index (χ1v) is 10.5. The van der Waals surface area contributed by atoms with Gasteiger partial charge in [0, 0.05) is 5.56 Å². The highest BCUT2D eigenvalue weighted by Gasteiger charge is 2.23. The Morgan fingerprint density at radius 1 is 1.00 bits per heavy atom. The molecule has 1 heterocycles. The molecule has 1 atom stereocenters. The average molecular weight is 411 g/mol. The van der Waals surface area contributed by atoms with Gasteiger partial charge in [-0.1, -0.05) is 35.9 Å². The number of carbonyl (C=O) groups is 2. The summed E-state index contributed by atoms with van der Waals surface area (Å²) in [4.78, 5) is 26.5. The van der Waals surface area contributed by atoms with Gasteiger partial charge >= 0.3 is 0 Å². The van der Waals surface area contributed by atoms with E-state index in [1.54, 1.807) is 6.07 Å². The highest BCUT2D eigenvalue weighted by atomic mass is 16.5. The van der Waals surface area contributed by atoms with Gasteiger partial charge in [-0.2, -0.15) is 0 Å². The summed E-state index contributed by atoms with van der Waals surface area (Å²) < 4.78 is 5.45. The van der Waals surface area contributed by atoms with E-state index >= 15 is 0 Å². The van der Waals surface area contributed by atoms with E-state index in [1.165, 1.54) is 10.5 Å². The molecule has 2 aromatic rings. The summed E-state index contributed by atoms with van der Waals surface area (Å²) in [5.41, 5.74) is 5.02. The number of quaternary nitrogens is 1. The largest absolute Gasteiger partial charge is 0.370 e. The van der Waals surface area contributed by atoms with E-state index in [2.05, 4.69) is 34.9 Å². The van der Waals surface area contributed by atoms with E-state index in [-0.39, 0.29) is 24.4 Å². The second kappa shape index (κ2) is 10.4. The Morgan fingerprint density at radius 3 is 2.37 bits per heavy atom. The number of benzene rings is 2. The van der Waals surface area contributed by atoms with Gasteiger partial charge in [-0.25, -0.2) is 0 Å². The topological polar surface area (TPSA) is 71.9 Å². The van der Waals surface area contributed by atoms with Crippen molar-refractivity contribution in [3.05, 3.63) is 70.3 Å². The maximum Gasteiger partial charge on any atom is 0.251 e. The van der Waals surface area contributed by atoms with Crippen LogP contribution in [0.25, 0.3) is 0 Å². The molecule has 3 N–H and O–H groups in total. The lowest BCUT2D eigenvalue weighted by Gasteiger charge is -2.28. The minimum Gasteiger partial charge on any atom is -0.370 e. The van der Waals surface area contributed by atoms with Crippen LogP contribution in [0.5, 0.6) is 0 Å². The second-order valence-electron chi connectivity index (χ2n) is 8.08. The molecule has 2 aromatic carbocycles. The van der Waals surface area contributed by atoms with Crippen molar-refractivity contribution in [2.75, 3.05) is 39.4 Å². The van der Waals surface area contributed by atoms with Crippen molar-refractivity contribution >= 4 is 11.8 Å². The Hall–Kier alpha value is -2.70. The van der Waals surface area contributed by atoms with Gasteiger partial charge in [-0.15, -0.1) is 0 Å². The van der Waals surface area contributed by atoms with Gasteiger partial charge in [0.15, 0.2) is 0 Å². The molecule has 160 valence electrons. The van der Waals surface area contributed by atoms with Crippen LogP contribution < -0.4 is 15.5 Å². The maximum atomic E-state index is 12.6. The fraction of sp³-hybridized carbons (Fsp3) is 0.417. The zero-order valence-electron chi connectivity index (χ0n) is 18.1. The molecular formula is C24H32N3O3+. The van der Waals surface area contributed by atoms with Gasteiger partial charge in [0.25, 0.3) is 5.91 Å². The Bertz CT molecular complexity index is 874. The molecule has 6 heteroatoms. The highest BCUT2D eigenvalue weighted by molar-refractivity contribution is 5.96. The molecule has 3 rings (SSSR count). The number of carbonyl (C=O) groups excluding carboxylic acids is 2. The molecule has 1 fully saturated rings. The molecule has 0 spiro atoms. The third-order valence-electron chi connectivity index (χ3n) is 5.69. The predicted octanol–water partition coefficient (Wildman–Crippen LogP) is 1.11. The SMILES string of the molecule is Cc1ccc([C@@H](C[NH+]2CCOCC2)NC(=O)CNC(=O)c2ccc(C)c(C)c2)cc1. The van der Waals surface area contributed by atoms with Gasteiger partial charge < -0.3 is 20.3 Å². The van der Waals surface area contributed by atoms with Gasteiger partial charge in [0.2, 0.25) is 5.91 Å². The lowest BCUT2D eigenvalue weighted by molar-refractivity contribution is -0.909. The fourth-order valence-corrected chi connectivity index (χ4v) is 3.59. The van der Waals surface area contributed by atoms with Crippen molar-refractivity contribution in [1.82, 2.24) is 10.6 Å². The summed E-state index contributed by atoms with van der Waals surface area (Å²) in [5.74, 6) is -0.427. The van der Waals surface area contributed by atoms with E-state index in [0.29, 0.717) is 5.56 Å². The number of nitrogens with one attached hydrogen (secondary N) is 3. The van der Waals surface area contributed by atoms with E-state index in [1.807, 2.05) is 32.9 Å². The quantitative estimate of drug-likeness (QED) is 0.641. The summed E-state index contributed by atoms with van der Waals surface area (Å²) in [6.07, 6.45) is 0. The van der Waals surface area contributed by atoms with Crippen LogP contribution in [-0.2, 0) is 9.53 Å². The lowest BCUT2D eigenvalue weighted by atomic mass is 10.0. The van der Waals surface area contributed by atoms with Gasteiger partial charge in [0.05, 0.1) is 19.8 Å². The third kappa shape index (κ3) is 6.15. The fourth-order valence-electron chi connectivity index (χ4n) is 3.59. The first kappa shape index (κ1) is 22.0. The Labute approximate surface area is 178 Å². The summed E-state index contributed by atoms with van der Waals surface area (Å²) in [6, 6.07) is 13.7. The van der Waals surface area contributed by atoms with Gasteiger partial charge in [0.1, 0.15) is 25.7 Å². The first-order chi connectivity index (χ1) is 14.4. The molecule has 30 heavy (non-hydrogen) atoms. The van der Waals surface area contributed by atoms with Crippen LogP contribution in [0.3, 0.4) is 0 Å². The summed E-state index contributed by atoms with van der Waals surface area (Å²) in [6.45, 7) is 10.1. The molecule has 2 amide bonds. The summed E-state index contributed by atoms with van der Waals surface area (Å²) >= 11 is 0. The van der Waals surface area contributed by atoms with Crippen molar-refractivity contribution < 1.29 is 19.2 Å². The maximum absolute atomic E-state index is 12.6. The molecular weight excluding hydrogens is 378 g/mol. The van der Waals surface area contributed by atoms with Gasteiger partial charge in [-0.05, 0) is 49.6 Å². The molecule has 0 unspecified atom stereocenters. The molecule has 1 aliphatic heterocycles. The van der Waals surface area contributed by atoms with E-state index in [9.17, 15) is 9.59 Å². The standard InChI is InChI=1S/C24H31N3O3/c1-17-4-7-20(8-5-17)22(16-27-10-12-30-13-11-27)26-23(28)15-25-24(29)21-9-6-18(2)19(3)14-21/h4-9,14,22H,10-13,15-16H2,1-3H3,(H,25,29)(H,26,28)/p+1/t22-/m1/s1. The Balaban J connectivity index is 1.61. The third-order valence-corrected chi connectivity index (χ3v) is 5.69. The zero-order valence-corrected chi connectivity index (χ0v) is 18.1. The normalized spacial score (nSPS) is 15.4.